The Balaban J connectivity index is 2.56. The Bertz CT molecular complexity index is 582. The maximum Gasteiger partial charge on any atom is 0.131 e. The molecule has 0 aliphatic heterocycles. The number of aromatic nitrogens is 1. The molecule has 0 bridgehead atoms. The fourth-order valence-corrected chi connectivity index (χ4v) is 2.03. The highest BCUT2D eigenvalue weighted by Gasteiger charge is 2.09. The van der Waals surface area contributed by atoms with E-state index in [1.54, 1.807) is 14.2 Å². The van der Waals surface area contributed by atoms with Gasteiger partial charge in [-0.05, 0) is 25.0 Å². The molecular formula is C15H20N2O2. The summed E-state index contributed by atoms with van der Waals surface area (Å²) in [5.74, 6) is 2.46. The summed E-state index contributed by atoms with van der Waals surface area (Å²) in [7, 11) is 3.30. The second-order valence-corrected chi connectivity index (χ2v) is 4.48. The van der Waals surface area contributed by atoms with Crippen molar-refractivity contribution in [3.05, 3.63) is 23.8 Å². The van der Waals surface area contributed by atoms with Gasteiger partial charge >= 0.3 is 0 Å². The Hall–Kier alpha value is -1.97. The fraction of sp³-hybridized carbons (Fsp3) is 0.400. The number of methoxy groups -OCH3 is 2. The molecule has 0 atom stereocenters. The van der Waals surface area contributed by atoms with Gasteiger partial charge in [0, 0.05) is 24.1 Å². The molecule has 0 fully saturated rings. The minimum absolute atomic E-state index is 0.752. The van der Waals surface area contributed by atoms with Gasteiger partial charge in [-0.3, -0.25) is 0 Å². The molecule has 1 N–H and O–H groups in total. The van der Waals surface area contributed by atoms with Crippen molar-refractivity contribution in [1.82, 2.24) is 4.98 Å². The zero-order chi connectivity index (χ0) is 13.8. The van der Waals surface area contributed by atoms with Crippen LogP contribution in [0, 0.1) is 6.92 Å². The van der Waals surface area contributed by atoms with Gasteiger partial charge in [-0.25, -0.2) is 4.98 Å². The van der Waals surface area contributed by atoms with Crippen LogP contribution < -0.4 is 14.8 Å². The molecule has 2 aromatic rings. The minimum atomic E-state index is 0.752. The molecule has 1 heterocycles. The molecule has 102 valence electrons. The van der Waals surface area contributed by atoms with Crippen LogP contribution >= 0.6 is 0 Å². The van der Waals surface area contributed by atoms with Crippen LogP contribution in [0.3, 0.4) is 0 Å². The molecule has 0 saturated heterocycles. The number of ether oxygens (including phenoxy) is 2. The Morgan fingerprint density at radius 3 is 2.58 bits per heavy atom. The standard InChI is InChI=1S/C15H20N2O2/c1-5-6-16-15-10(2)7-12-13(17-15)8-11(18-3)9-14(12)19-4/h7-9H,5-6H2,1-4H3,(H,16,17). The minimum Gasteiger partial charge on any atom is -0.497 e. The normalized spacial score (nSPS) is 10.5. The molecule has 0 unspecified atom stereocenters. The number of benzene rings is 1. The summed E-state index contributed by atoms with van der Waals surface area (Å²) in [6.07, 6.45) is 1.07. The van der Waals surface area contributed by atoms with Crippen LogP contribution in [-0.4, -0.2) is 25.7 Å². The SMILES string of the molecule is CCCNc1nc2cc(OC)cc(OC)c2cc1C. The largest absolute Gasteiger partial charge is 0.497 e. The van der Waals surface area contributed by atoms with Crippen LogP contribution in [0.25, 0.3) is 10.9 Å². The second kappa shape index (κ2) is 5.78. The molecular weight excluding hydrogens is 240 g/mol. The molecule has 1 aromatic heterocycles. The van der Waals surface area contributed by atoms with E-state index in [2.05, 4.69) is 23.3 Å². The molecule has 0 aliphatic carbocycles. The number of fused-ring (bicyclic) bond motifs is 1. The van der Waals surface area contributed by atoms with E-state index in [0.29, 0.717) is 0 Å². The third-order valence-corrected chi connectivity index (χ3v) is 3.06. The molecule has 2 rings (SSSR count). The van der Waals surface area contributed by atoms with Crippen LogP contribution in [0.1, 0.15) is 18.9 Å². The predicted molar refractivity (Wildman–Crippen MR) is 78.4 cm³/mol. The molecule has 1 aromatic carbocycles. The van der Waals surface area contributed by atoms with Crippen LogP contribution in [-0.2, 0) is 0 Å². The van der Waals surface area contributed by atoms with Gasteiger partial charge in [-0.15, -0.1) is 0 Å². The van der Waals surface area contributed by atoms with E-state index in [0.717, 1.165) is 46.7 Å². The summed E-state index contributed by atoms with van der Waals surface area (Å²) in [6.45, 7) is 5.10. The maximum atomic E-state index is 5.41. The summed E-state index contributed by atoms with van der Waals surface area (Å²) in [6, 6.07) is 5.90. The van der Waals surface area contributed by atoms with E-state index in [1.165, 1.54) is 0 Å². The predicted octanol–water partition coefficient (Wildman–Crippen LogP) is 3.38. The van der Waals surface area contributed by atoms with Crippen molar-refractivity contribution in [3.63, 3.8) is 0 Å². The van der Waals surface area contributed by atoms with Gasteiger partial charge < -0.3 is 14.8 Å². The van der Waals surface area contributed by atoms with Gasteiger partial charge in [0.1, 0.15) is 17.3 Å². The van der Waals surface area contributed by atoms with Gasteiger partial charge in [-0.2, -0.15) is 0 Å². The first kappa shape index (κ1) is 13.5. The van der Waals surface area contributed by atoms with E-state index in [1.807, 2.05) is 19.1 Å². The topological polar surface area (TPSA) is 43.4 Å². The Morgan fingerprint density at radius 2 is 1.95 bits per heavy atom. The van der Waals surface area contributed by atoms with E-state index in [-0.39, 0.29) is 0 Å². The van der Waals surface area contributed by atoms with Crippen molar-refractivity contribution in [2.45, 2.75) is 20.3 Å². The quantitative estimate of drug-likeness (QED) is 0.895. The Morgan fingerprint density at radius 1 is 1.16 bits per heavy atom. The zero-order valence-electron chi connectivity index (χ0n) is 11.9. The molecule has 0 saturated carbocycles. The fourth-order valence-electron chi connectivity index (χ4n) is 2.03. The van der Waals surface area contributed by atoms with E-state index >= 15 is 0 Å². The number of rotatable bonds is 5. The van der Waals surface area contributed by atoms with Crippen molar-refractivity contribution in [1.29, 1.82) is 0 Å². The van der Waals surface area contributed by atoms with Gasteiger partial charge in [-0.1, -0.05) is 6.92 Å². The molecule has 0 aliphatic rings. The summed E-state index contributed by atoms with van der Waals surface area (Å²) in [5.41, 5.74) is 1.99. The van der Waals surface area contributed by atoms with Crippen LogP contribution in [0.2, 0.25) is 0 Å². The first-order valence-corrected chi connectivity index (χ1v) is 6.46. The van der Waals surface area contributed by atoms with Crippen LogP contribution in [0.5, 0.6) is 11.5 Å². The van der Waals surface area contributed by atoms with Crippen LogP contribution in [0.4, 0.5) is 5.82 Å². The number of nitrogens with zero attached hydrogens (tertiary/aromatic N) is 1. The summed E-state index contributed by atoms with van der Waals surface area (Å²) < 4.78 is 10.7. The summed E-state index contributed by atoms with van der Waals surface area (Å²) in [4.78, 5) is 4.66. The van der Waals surface area contributed by atoms with Gasteiger partial charge in [0.2, 0.25) is 0 Å². The lowest BCUT2D eigenvalue weighted by molar-refractivity contribution is 0.398. The van der Waals surface area contributed by atoms with Crippen molar-refractivity contribution in [2.24, 2.45) is 0 Å². The molecule has 4 heteroatoms. The summed E-state index contributed by atoms with van der Waals surface area (Å²) in [5, 5.41) is 4.34. The van der Waals surface area contributed by atoms with E-state index < -0.39 is 0 Å². The highest BCUT2D eigenvalue weighted by molar-refractivity contribution is 5.89. The number of hydrogen-bond acceptors (Lipinski definition) is 4. The molecule has 4 nitrogen and oxygen atoms in total. The van der Waals surface area contributed by atoms with Gasteiger partial charge in [0.15, 0.2) is 0 Å². The lowest BCUT2D eigenvalue weighted by atomic mass is 10.1. The lowest BCUT2D eigenvalue weighted by Gasteiger charge is -2.12. The number of aryl methyl sites for hydroxylation is 1. The lowest BCUT2D eigenvalue weighted by Crippen LogP contribution is -2.04. The maximum absolute atomic E-state index is 5.41. The number of anilines is 1. The Kier molecular flexibility index (Phi) is 4.10. The molecule has 0 spiro atoms. The molecule has 0 radical (unpaired) electrons. The number of nitrogens with one attached hydrogen (secondary N) is 1. The molecule has 0 amide bonds. The number of hydrogen-bond donors (Lipinski definition) is 1. The monoisotopic (exact) mass is 260 g/mol. The third kappa shape index (κ3) is 2.72. The average molecular weight is 260 g/mol. The van der Waals surface area contributed by atoms with E-state index in [4.69, 9.17) is 9.47 Å². The van der Waals surface area contributed by atoms with Gasteiger partial charge in [0.25, 0.3) is 0 Å². The van der Waals surface area contributed by atoms with Gasteiger partial charge in [0.05, 0.1) is 19.7 Å². The highest BCUT2D eigenvalue weighted by Crippen LogP contribution is 2.32. The highest BCUT2D eigenvalue weighted by atomic mass is 16.5. The Labute approximate surface area is 113 Å². The van der Waals surface area contributed by atoms with E-state index in [9.17, 15) is 0 Å². The zero-order valence-corrected chi connectivity index (χ0v) is 11.9. The van der Waals surface area contributed by atoms with Crippen molar-refractivity contribution in [3.8, 4) is 11.5 Å². The number of pyridine rings is 1. The molecule has 19 heavy (non-hydrogen) atoms. The second-order valence-electron chi connectivity index (χ2n) is 4.48. The summed E-state index contributed by atoms with van der Waals surface area (Å²) >= 11 is 0. The van der Waals surface area contributed by atoms with Crippen LogP contribution in [0.15, 0.2) is 18.2 Å². The first-order chi connectivity index (χ1) is 9.19. The third-order valence-electron chi connectivity index (χ3n) is 3.06. The van der Waals surface area contributed by atoms with Crippen molar-refractivity contribution < 1.29 is 9.47 Å². The smallest absolute Gasteiger partial charge is 0.131 e. The van der Waals surface area contributed by atoms with Crippen molar-refractivity contribution in [2.75, 3.05) is 26.1 Å². The average Bonchev–Trinajstić information content (AvgIpc) is 2.44. The van der Waals surface area contributed by atoms with Crippen molar-refractivity contribution >= 4 is 16.7 Å². The first-order valence-electron chi connectivity index (χ1n) is 6.46.